The Hall–Kier alpha value is -3.96. The second kappa shape index (κ2) is 7.38. The van der Waals surface area contributed by atoms with Crippen molar-refractivity contribution < 1.29 is 17.9 Å². The minimum Gasteiger partial charge on any atom is -0.425 e. The molecule has 12 heteroatoms. The molecule has 0 amide bonds. The number of ether oxygens (including phenoxy) is 1. The van der Waals surface area contributed by atoms with Crippen LogP contribution in [0.15, 0.2) is 52.4 Å². The van der Waals surface area contributed by atoms with Crippen molar-refractivity contribution in [2.75, 3.05) is 0 Å². The molecule has 31 heavy (non-hydrogen) atoms. The predicted octanol–water partition coefficient (Wildman–Crippen LogP) is 2.08. The molecule has 4 rings (SSSR count). The van der Waals surface area contributed by atoms with Gasteiger partial charge in [-0.1, -0.05) is 6.07 Å². The fourth-order valence-electron chi connectivity index (χ4n) is 3.07. The third kappa shape index (κ3) is 3.67. The highest BCUT2D eigenvalue weighted by atomic mass is 19.4. The summed E-state index contributed by atoms with van der Waals surface area (Å²) in [5.41, 5.74) is -1.55. The van der Waals surface area contributed by atoms with Gasteiger partial charge in [-0.05, 0) is 24.3 Å². The molecule has 0 saturated carbocycles. The van der Waals surface area contributed by atoms with Gasteiger partial charge in [-0.3, -0.25) is 18.5 Å². The summed E-state index contributed by atoms with van der Waals surface area (Å²) >= 11 is 0. The van der Waals surface area contributed by atoms with E-state index < -0.39 is 23.0 Å². The molecule has 0 spiro atoms. The number of aromatic nitrogens is 6. The van der Waals surface area contributed by atoms with Crippen molar-refractivity contribution in [3.05, 3.63) is 75.0 Å². The summed E-state index contributed by atoms with van der Waals surface area (Å²) in [5.74, 6) is -0.129. The van der Waals surface area contributed by atoms with Gasteiger partial charge in [0, 0.05) is 20.3 Å². The third-order valence-electron chi connectivity index (χ3n) is 4.65. The van der Waals surface area contributed by atoms with E-state index in [1.165, 1.54) is 43.3 Å². The molecule has 3 aromatic heterocycles. The molecule has 0 atom stereocenters. The molecule has 0 aliphatic heterocycles. The summed E-state index contributed by atoms with van der Waals surface area (Å²) in [7, 11) is 2.75. The molecule has 0 N–H and O–H groups in total. The maximum absolute atomic E-state index is 13.1. The van der Waals surface area contributed by atoms with Crippen LogP contribution in [0.25, 0.3) is 11.2 Å². The van der Waals surface area contributed by atoms with Gasteiger partial charge in [-0.25, -0.2) is 14.8 Å². The molecule has 160 valence electrons. The highest BCUT2D eigenvalue weighted by Crippen LogP contribution is 2.33. The summed E-state index contributed by atoms with van der Waals surface area (Å²) in [6, 6.07) is 5.71. The quantitative estimate of drug-likeness (QED) is 0.490. The zero-order chi connectivity index (χ0) is 22.3. The molecule has 4 aromatic rings. The first-order valence-corrected chi connectivity index (χ1v) is 8.93. The fraction of sp³-hybridized carbons (Fsp3) is 0.211. The molecule has 0 radical (unpaired) electrons. The highest BCUT2D eigenvalue weighted by Gasteiger charge is 2.31. The first-order chi connectivity index (χ1) is 14.7. The lowest BCUT2D eigenvalue weighted by Gasteiger charge is -2.11. The second-order valence-electron chi connectivity index (χ2n) is 6.69. The molecule has 3 heterocycles. The van der Waals surface area contributed by atoms with Crippen molar-refractivity contribution in [1.29, 1.82) is 0 Å². The van der Waals surface area contributed by atoms with E-state index in [0.717, 1.165) is 21.3 Å². The van der Waals surface area contributed by atoms with Crippen molar-refractivity contribution in [3.63, 3.8) is 0 Å². The standard InChI is InChI=1S/C19H15F3N6O3/c1-26-15-14(16(29)27(2)18(26)30)28(9-12-6-7-23-10-24-12)17(25-15)31-13-5-3-4-11(8-13)19(20,21)22/h3-8,10H,9H2,1-2H3. The van der Waals surface area contributed by atoms with E-state index in [0.29, 0.717) is 5.69 Å². The Bertz CT molecular complexity index is 1390. The number of nitrogens with zero attached hydrogens (tertiary/aromatic N) is 6. The molecular formula is C19H15F3N6O3. The maximum atomic E-state index is 13.1. The number of hydrogen-bond acceptors (Lipinski definition) is 6. The van der Waals surface area contributed by atoms with Crippen LogP contribution in [0, 0.1) is 0 Å². The normalized spacial score (nSPS) is 11.8. The minimum atomic E-state index is -4.56. The van der Waals surface area contributed by atoms with Gasteiger partial charge in [0.05, 0.1) is 17.8 Å². The summed E-state index contributed by atoms with van der Waals surface area (Å²) in [5, 5.41) is 0. The smallest absolute Gasteiger partial charge is 0.416 e. The van der Waals surface area contributed by atoms with E-state index in [-0.39, 0.29) is 29.5 Å². The number of rotatable bonds is 4. The van der Waals surface area contributed by atoms with Crippen LogP contribution < -0.4 is 16.0 Å². The predicted molar refractivity (Wildman–Crippen MR) is 103 cm³/mol. The van der Waals surface area contributed by atoms with Crippen LogP contribution in [0.1, 0.15) is 11.3 Å². The van der Waals surface area contributed by atoms with Gasteiger partial charge in [-0.15, -0.1) is 0 Å². The maximum Gasteiger partial charge on any atom is 0.416 e. The Balaban J connectivity index is 1.91. The molecule has 0 aliphatic carbocycles. The van der Waals surface area contributed by atoms with Crippen LogP contribution >= 0.6 is 0 Å². The Labute approximate surface area is 172 Å². The van der Waals surface area contributed by atoms with Crippen LogP contribution in [0.4, 0.5) is 13.2 Å². The zero-order valence-corrected chi connectivity index (χ0v) is 16.3. The van der Waals surface area contributed by atoms with Crippen LogP contribution in [0.3, 0.4) is 0 Å². The van der Waals surface area contributed by atoms with E-state index in [9.17, 15) is 22.8 Å². The number of aryl methyl sites for hydroxylation is 1. The number of hydrogen-bond donors (Lipinski definition) is 0. The van der Waals surface area contributed by atoms with Crippen molar-refractivity contribution in [3.8, 4) is 11.8 Å². The first-order valence-electron chi connectivity index (χ1n) is 8.93. The molecule has 0 bridgehead atoms. The van der Waals surface area contributed by atoms with Gasteiger partial charge in [0.1, 0.15) is 12.1 Å². The van der Waals surface area contributed by atoms with E-state index in [1.807, 2.05) is 0 Å². The summed E-state index contributed by atoms with van der Waals surface area (Å²) in [6.45, 7) is 0.0146. The molecular weight excluding hydrogens is 417 g/mol. The monoisotopic (exact) mass is 432 g/mol. The van der Waals surface area contributed by atoms with E-state index in [2.05, 4.69) is 15.0 Å². The average Bonchev–Trinajstić information content (AvgIpc) is 3.09. The Kier molecular flexibility index (Phi) is 4.84. The van der Waals surface area contributed by atoms with Crippen LogP contribution in [-0.4, -0.2) is 28.7 Å². The number of imidazole rings is 1. The Morgan fingerprint density at radius 2 is 1.87 bits per heavy atom. The largest absolute Gasteiger partial charge is 0.425 e. The third-order valence-corrected chi connectivity index (χ3v) is 4.65. The molecule has 1 aromatic carbocycles. The zero-order valence-electron chi connectivity index (χ0n) is 16.3. The van der Waals surface area contributed by atoms with Crippen molar-refractivity contribution >= 4 is 11.2 Å². The summed E-state index contributed by atoms with van der Waals surface area (Å²) < 4.78 is 48.3. The van der Waals surface area contributed by atoms with E-state index in [4.69, 9.17) is 4.74 Å². The minimum absolute atomic E-state index is 0.0146. The second-order valence-corrected chi connectivity index (χ2v) is 6.69. The Morgan fingerprint density at radius 1 is 1.10 bits per heavy atom. The summed E-state index contributed by atoms with van der Waals surface area (Å²) in [4.78, 5) is 37.3. The van der Waals surface area contributed by atoms with Gasteiger partial charge >= 0.3 is 17.9 Å². The highest BCUT2D eigenvalue weighted by molar-refractivity contribution is 5.72. The number of benzene rings is 1. The SMILES string of the molecule is Cn1c(=O)c2c(nc(Oc3cccc(C(F)(F)F)c3)n2Cc2ccncn2)n(C)c1=O. The van der Waals surface area contributed by atoms with Crippen LogP contribution in [0.5, 0.6) is 11.8 Å². The van der Waals surface area contributed by atoms with Gasteiger partial charge in [-0.2, -0.15) is 18.2 Å². The van der Waals surface area contributed by atoms with Gasteiger partial charge in [0.2, 0.25) is 0 Å². The van der Waals surface area contributed by atoms with Gasteiger partial charge in [0.15, 0.2) is 11.2 Å². The van der Waals surface area contributed by atoms with Crippen molar-refractivity contribution in [1.82, 2.24) is 28.7 Å². The fourth-order valence-corrected chi connectivity index (χ4v) is 3.07. The number of halogens is 3. The topological polar surface area (TPSA) is 96.8 Å². The van der Waals surface area contributed by atoms with Crippen LogP contribution in [-0.2, 0) is 26.8 Å². The van der Waals surface area contributed by atoms with E-state index in [1.54, 1.807) is 6.07 Å². The molecule has 9 nitrogen and oxygen atoms in total. The van der Waals surface area contributed by atoms with Crippen molar-refractivity contribution in [2.24, 2.45) is 14.1 Å². The lowest BCUT2D eigenvalue weighted by atomic mass is 10.2. The average molecular weight is 432 g/mol. The molecule has 0 unspecified atom stereocenters. The van der Waals surface area contributed by atoms with Gasteiger partial charge < -0.3 is 4.74 Å². The summed E-state index contributed by atoms with van der Waals surface area (Å²) in [6.07, 6.45) is -1.74. The molecule has 0 aliphatic rings. The lowest BCUT2D eigenvalue weighted by Crippen LogP contribution is -2.37. The number of fused-ring (bicyclic) bond motifs is 1. The van der Waals surface area contributed by atoms with Gasteiger partial charge in [0.25, 0.3) is 5.56 Å². The molecule has 0 fully saturated rings. The molecule has 0 saturated heterocycles. The van der Waals surface area contributed by atoms with Crippen LogP contribution in [0.2, 0.25) is 0 Å². The lowest BCUT2D eigenvalue weighted by molar-refractivity contribution is -0.137. The van der Waals surface area contributed by atoms with E-state index >= 15 is 0 Å². The van der Waals surface area contributed by atoms with Crippen molar-refractivity contribution in [2.45, 2.75) is 12.7 Å². The first kappa shape index (κ1) is 20.3. The number of alkyl halides is 3. The Morgan fingerprint density at radius 3 is 2.55 bits per heavy atom.